The predicted octanol–water partition coefficient (Wildman–Crippen LogP) is 7.67. The Morgan fingerprint density at radius 2 is 1.43 bits per heavy atom. The van der Waals surface area contributed by atoms with Crippen LogP contribution in [0.25, 0.3) is 0 Å². The topological polar surface area (TPSA) is 86.9 Å². The molecule has 0 bridgehead atoms. The van der Waals surface area contributed by atoms with E-state index in [0.717, 1.165) is 24.9 Å². The highest BCUT2D eigenvalue weighted by molar-refractivity contribution is 7.75. The first-order valence-corrected chi connectivity index (χ1v) is 16.1. The van der Waals surface area contributed by atoms with Crippen molar-refractivity contribution in [1.82, 2.24) is 9.97 Å². The summed E-state index contributed by atoms with van der Waals surface area (Å²) < 4.78 is 0. The second-order valence-electron chi connectivity index (χ2n) is 9.70. The minimum atomic E-state index is -1.02. The zero-order chi connectivity index (χ0) is 25.5. The number of benzene rings is 1. The van der Waals surface area contributed by atoms with Crippen LogP contribution in [-0.4, -0.2) is 34.5 Å². The predicted molar refractivity (Wildman–Crippen MR) is 153 cm³/mol. The third kappa shape index (κ3) is 10.5. The number of aromatic amines is 1. The Balaban J connectivity index is 2.04. The van der Waals surface area contributed by atoms with Crippen LogP contribution in [0.2, 0.25) is 0 Å². The molecule has 0 saturated carbocycles. The van der Waals surface area contributed by atoms with Gasteiger partial charge >= 0.3 is 6.03 Å². The zero-order valence-electron chi connectivity index (χ0n) is 22.3. The van der Waals surface area contributed by atoms with Crippen LogP contribution in [0.15, 0.2) is 35.1 Å². The van der Waals surface area contributed by atoms with Gasteiger partial charge in [-0.15, -0.1) is 0 Å². The molecule has 2 rings (SSSR count). The van der Waals surface area contributed by atoms with Crippen LogP contribution < -0.4 is 16.2 Å². The number of hydrogen-bond acceptors (Lipinski definition) is 3. The third-order valence-corrected chi connectivity index (χ3v) is 11.3. The molecule has 6 nitrogen and oxygen atoms in total. The highest BCUT2D eigenvalue weighted by Gasteiger charge is 2.35. The number of carbonyl (C=O) groups is 1. The highest BCUT2D eigenvalue weighted by Crippen LogP contribution is 2.63. The fourth-order valence-corrected chi connectivity index (χ4v) is 9.55. The third-order valence-electron chi connectivity index (χ3n) is 6.50. The number of carbonyl (C=O) groups excluding carboxylic acids is 1. The number of nitrogens with zero attached hydrogens (tertiary/aromatic N) is 1. The number of hydrogen-bond donors (Lipinski definition) is 3. The van der Waals surface area contributed by atoms with Crippen molar-refractivity contribution in [3.05, 3.63) is 51.9 Å². The van der Waals surface area contributed by atoms with Gasteiger partial charge in [-0.25, -0.2) is 9.78 Å². The van der Waals surface area contributed by atoms with Gasteiger partial charge in [0.2, 0.25) is 5.95 Å². The number of anilines is 2. The second-order valence-corrected chi connectivity index (χ2v) is 14.0. The van der Waals surface area contributed by atoms with Crippen LogP contribution in [0.5, 0.6) is 0 Å². The van der Waals surface area contributed by atoms with E-state index in [9.17, 15) is 9.59 Å². The average molecular weight is 502 g/mol. The molecule has 1 heterocycles. The van der Waals surface area contributed by atoms with Gasteiger partial charge in [-0.1, -0.05) is 65.5 Å². The van der Waals surface area contributed by atoms with Gasteiger partial charge in [0, 0.05) is 24.7 Å². The van der Waals surface area contributed by atoms with E-state index in [2.05, 4.69) is 60.4 Å². The molecule has 1 aromatic heterocycles. The Hall–Kier alpha value is -2.20. The number of aryl methyl sites for hydroxylation is 1. The van der Waals surface area contributed by atoms with Gasteiger partial charge < -0.3 is 5.32 Å². The van der Waals surface area contributed by atoms with E-state index in [0.29, 0.717) is 5.69 Å². The minimum absolute atomic E-state index is 0.176. The molecule has 0 fully saturated rings. The SMILES string of the molecule is CCCCc1cc(=O)[nH]c(NC(=O)Nc2ccc(C[P+](CCCC)(CCCC)CCCC)cc2)n1. The minimum Gasteiger partial charge on any atom is -0.308 e. The number of urea groups is 1. The molecule has 7 heteroatoms. The molecule has 194 valence electrons. The van der Waals surface area contributed by atoms with E-state index in [1.54, 1.807) is 0 Å². The van der Waals surface area contributed by atoms with Crippen molar-refractivity contribution in [3.63, 3.8) is 0 Å². The number of aromatic nitrogens is 2. The maximum Gasteiger partial charge on any atom is 0.326 e. The van der Waals surface area contributed by atoms with Gasteiger partial charge in [0.25, 0.3) is 5.56 Å². The number of H-pyrrole nitrogens is 1. The van der Waals surface area contributed by atoms with Crippen molar-refractivity contribution in [1.29, 1.82) is 0 Å². The van der Waals surface area contributed by atoms with Gasteiger partial charge in [0.05, 0.1) is 24.6 Å². The number of amides is 2. The molecule has 0 aliphatic carbocycles. The Bertz CT molecular complexity index is 921. The maximum atomic E-state index is 12.5. The first-order chi connectivity index (χ1) is 16.9. The molecule has 0 radical (unpaired) electrons. The summed E-state index contributed by atoms with van der Waals surface area (Å²) in [5.41, 5.74) is 2.54. The molecule has 0 atom stereocenters. The molecule has 2 aromatic rings. The monoisotopic (exact) mass is 501 g/mol. The number of rotatable bonds is 16. The molecule has 1 aromatic carbocycles. The van der Waals surface area contributed by atoms with Crippen LogP contribution in [0.1, 0.15) is 90.3 Å². The fraction of sp³-hybridized carbons (Fsp3) is 0.607. The smallest absolute Gasteiger partial charge is 0.308 e. The molecular formula is C28H46N4O2P+. The molecule has 3 N–H and O–H groups in total. The van der Waals surface area contributed by atoms with Crippen LogP contribution in [-0.2, 0) is 12.6 Å². The molecule has 0 spiro atoms. The van der Waals surface area contributed by atoms with Crippen molar-refractivity contribution in [3.8, 4) is 0 Å². The lowest BCUT2D eigenvalue weighted by Gasteiger charge is -2.28. The Morgan fingerprint density at radius 1 is 0.857 bits per heavy atom. The average Bonchev–Trinajstić information content (AvgIpc) is 2.84. The maximum absolute atomic E-state index is 12.5. The Labute approximate surface area is 212 Å². The second kappa shape index (κ2) is 15.7. The normalized spacial score (nSPS) is 11.4. The van der Waals surface area contributed by atoms with Crippen molar-refractivity contribution in [2.24, 2.45) is 0 Å². The Morgan fingerprint density at radius 3 is 1.97 bits per heavy atom. The lowest BCUT2D eigenvalue weighted by molar-refractivity contribution is 0.262. The summed E-state index contributed by atoms with van der Waals surface area (Å²) in [7, 11) is -1.02. The fourth-order valence-electron chi connectivity index (χ4n) is 4.46. The van der Waals surface area contributed by atoms with Crippen LogP contribution in [0.3, 0.4) is 0 Å². The summed E-state index contributed by atoms with van der Waals surface area (Å²) >= 11 is 0. The summed E-state index contributed by atoms with van der Waals surface area (Å²) in [4.78, 5) is 31.4. The Kier molecular flexibility index (Phi) is 13.0. The molecule has 0 aliphatic heterocycles. The van der Waals surface area contributed by atoms with Crippen LogP contribution in [0.4, 0.5) is 16.4 Å². The molecule has 2 amide bonds. The summed E-state index contributed by atoms with van der Waals surface area (Å²) in [5.74, 6) is 0.176. The number of unbranched alkanes of at least 4 members (excludes halogenated alkanes) is 4. The lowest BCUT2D eigenvalue weighted by atomic mass is 10.2. The van der Waals surface area contributed by atoms with Crippen molar-refractivity contribution < 1.29 is 4.79 Å². The van der Waals surface area contributed by atoms with Crippen LogP contribution in [0, 0.1) is 0 Å². The van der Waals surface area contributed by atoms with E-state index in [1.807, 2.05) is 12.1 Å². The van der Waals surface area contributed by atoms with Gasteiger partial charge in [0.1, 0.15) is 0 Å². The van der Waals surface area contributed by atoms with Gasteiger partial charge in [-0.2, -0.15) is 0 Å². The van der Waals surface area contributed by atoms with Crippen molar-refractivity contribution in [2.45, 2.75) is 91.6 Å². The molecule has 35 heavy (non-hydrogen) atoms. The number of nitrogens with one attached hydrogen (secondary N) is 3. The largest absolute Gasteiger partial charge is 0.326 e. The first kappa shape index (κ1) is 29.0. The van der Waals surface area contributed by atoms with Crippen molar-refractivity contribution >= 4 is 24.9 Å². The summed E-state index contributed by atoms with van der Waals surface area (Å²) in [6, 6.07) is 9.37. The zero-order valence-corrected chi connectivity index (χ0v) is 23.2. The summed E-state index contributed by atoms with van der Waals surface area (Å²) in [6.45, 7) is 8.99. The van der Waals surface area contributed by atoms with E-state index < -0.39 is 13.3 Å². The van der Waals surface area contributed by atoms with Crippen LogP contribution >= 0.6 is 7.26 Å². The molecule has 0 aliphatic rings. The van der Waals surface area contributed by atoms with Gasteiger partial charge in [0.15, 0.2) is 0 Å². The van der Waals surface area contributed by atoms with Gasteiger partial charge in [-0.05, 0) is 49.8 Å². The standard InChI is InChI=1S/C28H45N4O2P/c1-5-9-13-25-21-26(33)31-27(29-25)32-28(34)30-24-16-14-23(15-17-24)22-35(18-10-6-2,19-11-7-3)20-12-8-4/h14-17,21H,5-13,18-20,22H2,1-4H3,(H2-,29,30,31,32,33,34)/p+1. The van der Waals surface area contributed by atoms with E-state index in [-0.39, 0.29) is 11.5 Å². The summed E-state index contributed by atoms with van der Waals surface area (Å²) in [5, 5.41) is 5.52. The lowest BCUT2D eigenvalue weighted by Crippen LogP contribution is -2.23. The van der Waals surface area contributed by atoms with E-state index >= 15 is 0 Å². The highest BCUT2D eigenvalue weighted by atomic mass is 31.2. The summed E-state index contributed by atoms with van der Waals surface area (Å²) in [6.07, 6.45) is 15.9. The van der Waals surface area contributed by atoms with Crippen molar-refractivity contribution in [2.75, 3.05) is 29.1 Å². The quantitative estimate of drug-likeness (QED) is 0.206. The van der Waals surface area contributed by atoms with E-state index in [4.69, 9.17) is 0 Å². The molecule has 0 saturated heterocycles. The molecule has 0 unspecified atom stereocenters. The first-order valence-electron chi connectivity index (χ1n) is 13.6. The molecular weight excluding hydrogens is 455 g/mol. The van der Waals surface area contributed by atoms with E-state index in [1.165, 1.54) is 74.8 Å². The van der Waals surface area contributed by atoms with Gasteiger partial charge in [-0.3, -0.25) is 15.1 Å².